The average Bonchev–Trinajstić information content (AvgIpc) is 3.05. The van der Waals surface area contributed by atoms with Gasteiger partial charge in [-0.25, -0.2) is 0 Å². The van der Waals surface area contributed by atoms with Crippen molar-refractivity contribution in [3.05, 3.63) is 90.0 Å². The lowest BCUT2D eigenvalue weighted by atomic mass is 10.1. The number of rotatable bonds is 4. The van der Waals surface area contributed by atoms with E-state index in [1.165, 1.54) is 27.6 Å². The Morgan fingerprint density at radius 2 is 1.57 bits per heavy atom. The second-order valence-corrected chi connectivity index (χ2v) is 9.08. The van der Waals surface area contributed by atoms with E-state index in [9.17, 15) is 13.0 Å². The van der Waals surface area contributed by atoms with E-state index >= 15 is 0 Å². The Morgan fingerprint density at radius 3 is 2.37 bits per heavy atom. The highest BCUT2D eigenvalue weighted by Gasteiger charge is 2.17. The van der Waals surface area contributed by atoms with Gasteiger partial charge in [0, 0.05) is 28.2 Å². The summed E-state index contributed by atoms with van der Waals surface area (Å²) in [5, 5.41) is 4.70. The number of aryl methyl sites for hydroxylation is 3. The van der Waals surface area contributed by atoms with Gasteiger partial charge in [0.25, 0.3) is 10.1 Å². The predicted octanol–water partition coefficient (Wildman–Crippen LogP) is 5.75. The largest absolute Gasteiger partial charge is 0.340 e. The van der Waals surface area contributed by atoms with Crippen molar-refractivity contribution in [3.63, 3.8) is 0 Å². The first kappa shape index (κ1) is 18.9. The Hall–Kier alpha value is -3.15. The molecule has 0 spiro atoms. The molecule has 5 heteroatoms. The summed E-state index contributed by atoms with van der Waals surface area (Å²) >= 11 is 0. The zero-order valence-electron chi connectivity index (χ0n) is 16.5. The quantitative estimate of drug-likeness (QED) is 0.381. The SMILES string of the molecule is Cc1ccc(S(=O)(=O)O)c(CCn2c3ccccc3c3ccc4ccccc4c32)c1. The Bertz CT molecular complexity index is 1530. The lowest BCUT2D eigenvalue weighted by molar-refractivity contribution is 0.481. The van der Waals surface area contributed by atoms with Crippen molar-refractivity contribution in [2.24, 2.45) is 0 Å². The fourth-order valence-electron chi connectivity index (χ4n) is 4.44. The van der Waals surface area contributed by atoms with Gasteiger partial charge in [-0.15, -0.1) is 0 Å². The van der Waals surface area contributed by atoms with Crippen molar-refractivity contribution in [2.45, 2.75) is 24.8 Å². The standard InChI is InChI=1S/C25H21NO3S/c1-17-10-13-24(30(27,28)29)19(16-17)14-15-26-23-9-5-4-8-21(23)22-12-11-18-6-2-3-7-20(18)25(22)26/h2-13,16H,14-15H2,1H3,(H,27,28,29). The minimum Gasteiger partial charge on any atom is -0.340 e. The van der Waals surface area contributed by atoms with Crippen molar-refractivity contribution in [3.8, 4) is 0 Å². The number of nitrogens with zero attached hydrogens (tertiary/aromatic N) is 1. The van der Waals surface area contributed by atoms with Crippen LogP contribution < -0.4 is 0 Å². The van der Waals surface area contributed by atoms with Crippen molar-refractivity contribution in [1.82, 2.24) is 4.57 Å². The third kappa shape index (κ3) is 3.07. The Kier molecular flexibility index (Phi) is 4.38. The summed E-state index contributed by atoms with van der Waals surface area (Å²) in [6, 6.07) is 25.9. The van der Waals surface area contributed by atoms with E-state index in [4.69, 9.17) is 0 Å². The fourth-order valence-corrected chi connectivity index (χ4v) is 5.17. The van der Waals surface area contributed by atoms with Gasteiger partial charge >= 0.3 is 0 Å². The summed E-state index contributed by atoms with van der Waals surface area (Å²) in [6.07, 6.45) is 0.494. The molecule has 0 radical (unpaired) electrons. The van der Waals surface area contributed by atoms with Crippen molar-refractivity contribution >= 4 is 42.7 Å². The zero-order valence-corrected chi connectivity index (χ0v) is 17.4. The van der Waals surface area contributed by atoms with Crippen LogP contribution in [0.2, 0.25) is 0 Å². The Morgan fingerprint density at radius 1 is 0.833 bits per heavy atom. The van der Waals surface area contributed by atoms with Crippen LogP contribution in [0.25, 0.3) is 32.6 Å². The van der Waals surface area contributed by atoms with Gasteiger partial charge in [0.05, 0.1) is 10.4 Å². The van der Waals surface area contributed by atoms with Gasteiger partial charge < -0.3 is 4.57 Å². The molecule has 1 N–H and O–H groups in total. The van der Waals surface area contributed by atoms with Gasteiger partial charge in [0.2, 0.25) is 0 Å². The van der Waals surface area contributed by atoms with E-state index in [-0.39, 0.29) is 4.90 Å². The fraction of sp³-hybridized carbons (Fsp3) is 0.120. The van der Waals surface area contributed by atoms with E-state index in [1.807, 2.05) is 37.3 Å². The molecule has 5 aromatic rings. The first-order valence-corrected chi connectivity index (χ1v) is 11.3. The summed E-state index contributed by atoms with van der Waals surface area (Å²) in [5.74, 6) is 0. The van der Waals surface area contributed by atoms with Crippen LogP contribution in [0.1, 0.15) is 11.1 Å². The molecule has 150 valence electrons. The van der Waals surface area contributed by atoms with Crippen LogP contribution in [-0.4, -0.2) is 17.5 Å². The first-order valence-electron chi connectivity index (χ1n) is 9.89. The van der Waals surface area contributed by atoms with Crippen molar-refractivity contribution in [2.75, 3.05) is 0 Å². The molecule has 0 unspecified atom stereocenters. The summed E-state index contributed by atoms with van der Waals surface area (Å²) in [5.41, 5.74) is 3.86. The zero-order chi connectivity index (χ0) is 20.9. The molecule has 0 aliphatic heterocycles. The summed E-state index contributed by atoms with van der Waals surface area (Å²) < 4.78 is 35.7. The van der Waals surface area contributed by atoms with E-state index < -0.39 is 10.1 Å². The molecule has 4 aromatic carbocycles. The molecule has 0 saturated heterocycles. The summed E-state index contributed by atoms with van der Waals surface area (Å²) in [4.78, 5) is -0.0151. The molecular formula is C25H21NO3S. The van der Waals surface area contributed by atoms with Gasteiger partial charge in [-0.05, 0) is 36.4 Å². The summed E-state index contributed by atoms with van der Waals surface area (Å²) in [7, 11) is -4.27. The maximum atomic E-state index is 11.9. The van der Waals surface area contributed by atoms with E-state index in [2.05, 4.69) is 41.0 Å². The lowest BCUT2D eigenvalue weighted by Crippen LogP contribution is -2.07. The molecule has 0 aliphatic carbocycles. The highest BCUT2D eigenvalue weighted by Crippen LogP contribution is 2.34. The van der Waals surface area contributed by atoms with Gasteiger partial charge in [-0.1, -0.05) is 72.3 Å². The third-order valence-corrected chi connectivity index (χ3v) is 6.71. The number of hydrogen-bond acceptors (Lipinski definition) is 2. The molecule has 0 bridgehead atoms. The second-order valence-electron chi connectivity index (χ2n) is 7.69. The molecule has 4 nitrogen and oxygen atoms in total. The van der Waals surface area contributed by atoms with Crippen LogP contribution in [0.4, 0.5) is 0 Å². The van der Waals surface area contributed by atoms with Gasteiger partial charge in [0.15, 0.2) is 0 Å². The molecule has 5 rings (SSSR count). The Balaban J connectivity index is 1.72. The lowest BCUT2D eigenvalue weighted by Gasteiger charge is -2.12. The number of aromatic nitrogens is 1. The van der Waals surface area contributed by atoms with Crippen molar-refractivity contribution < 1.29 is 13.0 Å². The third-order valence-electron chi connectivity index (χ3n) is 5.75. The number of benzene rings is 4. The topological polar surface area (TPSA) is 59.3 Å². The molecule has 1 aromatic heterocycles. The molecule has 30 heavy (non-hydrogen) atoms. The molecule has 0 saturated carbocycles. The number of fused-ring (bicyclic) bond motifs is 5. The van der Waals surface area contributed by atoms with Crippen LogP contribution in [-0.2, 0) is 23.1 Å². The molecule has 0 aliphatic rings. The molecule has 0 atom stereocenters. The highest BCUT2D eigenvalue weighted by atomic mass is 32.2. The highest BCUT2D eigenvalue weighted by molar-refractivity contribution is 7.85. The minimum absolute atomic E-state index is 0.0151. The van der Waals surface area contributed by atoms with Crippen LogP contribution in [0.15, 0.2) is 83.8 Å². The average molecular weight is 416 g/mol. The van der Waals surface area contributed by atoms with E-state index in [1.54, 1.807) is 6.07 Å². The maximum absolute atomic E-state index is 11.9. The van der Waals surface area contributed by atoms with Crippen LogP contribution >= 0.6 is 0 Å². The van der Waals surface area contributed by atoms with Crippen LogP contribution in [0, 0.1) is 6.92 Å². The monoisotopic (exact) mass is 415 g/mol. The van der Waals surface area contributed by atoms with E-state index in [0.717, 1.165) is 16.6 Å². The van der Waals surface area contributed by atoms with Gasteiger partial charge in [0.1, 0.15) is 0 Å². The predicted molar refractivity (Wildman–Crippen MR) is 122 cm³/mol. The maximum Gasteiger partial charge on any atom is 0.294 e. The molecule has 0 amide bonds. The molecule has 1 heterocycles. The van der Waals surface area contributed by atoms with Crippen molar-refractivity contribution in [1.29, 1.82) is 0 Å². The smallest absolute Gasteiger partial charge is 0.294 e. The number of hydrogen-bond donors (Lipinski definition) is 1. The second kappa shape index (κ2) is 6.97. The van der Waals surface area contributed by atoms with Gasteiger partial charge in [-0.2, -0.15) is 8.42 Å². The first-order chi connectivity index (χ1) is 14.4. The molecular weight excluding hydrogens is 394 g/mol. The van der Waals surface area contributed by atoms with E-state index in [0.29, 0.717) is 18.5 Å². The van der Waals surface area contributed by atoms with Gasteiger partial charge in [-0.3, -0.25) is 4.55 Å². The Labute approximate surface area is 175 Å². The normalized spacial score (nSPS) is 12.2. The minimum atomic E-state index is -4.27. The number of para-hydroxylation sites is 1. The van der Waals surface area contributed by atoms with Crippen LogP contribution in [0.3, 0.4) is 0 Å². The molecule has 0 fully saturated rings. The van der Waals surface area contributed by atoms with Crippen LogP contribution in [0.5, 0.6) is 0 Å². The summed E-state index contributed by atoms with van der Waals surface area (Å²) in [6.45, 7) is 2.52.